The molecule has 138 valence electrons. The second kappa shape index (κ2) is 13.6. The minimum absolute atomic E-state index is 0.417. The Bertz CT molecular complexity index is 486. The van der Waals surface area contributed by atoms with E-state index in [0.29, 0.717) is 6.17 Å². The van der Waals surface area contributed by atoms with Crippen molar-refractivity contribution in [3.8, 4) is 0 Å². The van der Waals surface area contributed by atoms with Crippen molar-refractivity contribution in [1.82, 2.24) is 15.5 Å². The summed E-state index contributed by atoms with van der Waals surface area (Å²) in [5.41, 5.74) is 2.74. The summed E-state index contributed by atoms with van der Waals surface area (Å²) in [6.45, 7) is 7.50. The first-order valence-corrected chi connectivity index (χ1v) is 9.38. The zero-order valence-corrected chi connectivity index (χ0v) is 16.3. The molecule has 0 amide bonds. The molecule has 2 aromatic carbocycles. The van der Waals surface area contributed by atoms with Gasteiger partial charge in [0.05, 0.1) is 6.17 Å². The van der Waals surface area contributed by atoms with Crippen LogP contribution in [0.5, 0.6) is 0 Å². The molecule has 2 aromatic rings. The highest BCUT2D eigenvalue weighted by atomic mass is 15.3. The van der Waals surface area contributed by atoms with Crippen molar-refractivity contribution >= 4 is 0 Å². The maximum atomic E-state index is 3.69. The van der Waals surface area contributed by atoms with Gasteiger partial charge in [0.1, 0.15) is 0 Å². The molecule has 0 spiro atoms. The number of nitrogens with zero attached hydrogens (tertiary/aromatic N) is 1. The fraction of sp³-hybridized carbons (Fsp3) is 0.455. The summed E-state index contributed by atoms with van der Waals surface area (Å²) in [4.78, 5) is 2.54. The first-order chi connectivity index (χ1) is 12.2. The zero-order valence-electron chi connectivity index (χ0n) is 16.3. The molecule has 0 aliphatic carbocycles. The van der Waals surface area contributed by atoms with Gasteiger partial charge in [-0.15, -0.1) is 0 Å². The van der Waals surface area contributed by atoms with Gasteiger partial charge in [-0.1, -0.05) is 74.5 Å². The standard InChI is InChI=1S/C20H28N2.C2H7N/c1-3-15-21-20(4-2)22(16-18-11-7-5-8-12-18)17-19-13-9-6-10-14-19;1-3-2/h5-14,20-21H,3-4,15-17H2,1-2H3;3H,1-2H3. The molecule has 0 heterocycles. The molecule has 0 aliphatic rings. The Morgan fingerprint density at radius 3 is 1.60 bits per heavy atom. The third-order valence-corrected chi connectivity index (χ3v) is 3.91. The maximum Gasteiger partial charge on any atom is 0.0600 e. The third kappa shape index (κ3) is 8.82. The third-order valence-electron chi connectivity index (χ3n) is 3.91. The summed E-state index contributed by atoms with van der Waals surface area (Å²) in [6.07, 6.45) is 2.70. The minimum Gasteiger partial charge on any atom is -0.323 e. The summed E-state index contributed by atoms with van der Waals surface area (Å²) in [5.74, 6) is 0. The second-order valence-corrected chi connectivity index (χ2v) is 6.25. The van der Waals surface area contributed by atoms with E-state index in [4.69, 9.17) is 0 Å². The lowest BCUT2D eigenvalue weighted by Gasteiger charge is -2.32. The van der Waals surface area contributed by atoms with Gasteiger partial charge >= 0.3 is 0 Å². The van der Waals surface area contributed by atoms with E-state index < -0.39 is 0 Å². The average Bonchev–Trinajstić information content (AvgIpc) is 2.64. The van der Waals surface area contributed by atoms with Gasteiger partial charge in [-0.05, 0) is 44.6 Å². The molecule has 1 atom stereocenters. The molecule has 0 saturated carbocycles. The molecular formula is C22H35N3. The molecule has 2 N–H and O–H groups in total. The van der Waals surface area contributed by atoms with Crippen molar-refractivity contribution in [2.24, 2.45) is 0 Å². The van der Waals surface area contributed by atoms with Crippen LogP contribution in [0, 0.1) is 0 Å². The number of nitrogens with one attached hydrogen (secondary N) is 2. The molecule has 0 fully saturated rings. The normalized spacial score (nSPS) is 11.7. The number of benzene rings is 2. The molecule has 3 nitrogen and oxygen atoms in total. The highest BCUT2D eigenvalue weighted by Crippen LogP contribution is 2.14. The Morgan fingerprint density at radius 2 is 1.24 bits per heavy atom. The topological polar surface area (TPSA) is 27.3 Å². The quantitative estimate of drug-likeness (QED) is 0.667. The van der Waals surface area contributed by atoms with Crippen LogP contribution in [0.15, 0.2) is 60.7 Å². The summed E-state index contributed by atoms with van der Waals surface area (Å²) < 4.78 is 0. The molecule has 0 aliphatic heterocycles. The van der Waals surface area contributed by atoms with E-state index in [9.17, 15) is 0 Å². The molecule has 0 radical (unpaired) electrons. The van der Waals surface area contributed by atoms with E-state index in [2.05, 4.69) is 90.0 Å². The number of rotatable bonds is 9. The van der Waals surface area contributed by atoms with E-state index in [1.54, 1.807) is 0 Å². The van der Waals surface area contributed by atoms with Crippen molar-refractivity contribution < 1.29 is 0 Å². The van der Waals surface area contributed by atoms with Gasteiger partial charge in [-0.2, -0.15) is 0 Å². The van der Waals surface area contributed by atoms with E-state index in [1.165, 1.54) is 17.5 Å². The van der Waals surface area contributed by atoms with Crippen LogP contribution in [0.25, 0.3) is 0 Å². The molecule has 3 heteroatoms. The van der Waals surface area contributed by atoms with Crippen LogP contribution in [0.4, 0.5) is 0 Å². The van der Waals surface area contributed by atoms with Crippen molar-refractivity contribution in [3.63, 3.8) is 0 Å². The summed E-state index contributed by atoms with van der Waals surface area (Å²) in [5, 5.41) is 6.44. The van der Waals surface area contributed by atoms with Gasteiger partial charge in [0.2, 0.25) is 0 Å². The van der Waals surface area contributed by atoms with Crippen molar-refractivity contribution in [3.05, 3.63) is 71.8 Å². The minimum atomic E-state index is 0.417. The second-order valence-electron chi connectivity index (χ2n) is 6.25. The smallest absolute Gasteiger partial charge is 0.0600 e. The number of hydrogen-bond donors (Lipinski definition) is 2. The largest absolute Gasteiger partial charge is 0.323 e. The lowest BCUT2D eigenvalue weighted by Crippen LogP contribution is -2.44. The summed E-state index contributed by atoms with van der Waals surface area (Å²) >= 11 is 0. The molecule has 2 rings (SSSR count). The summed E-state index contributed by atoms with van der Waals surface area (Å²) in [6, 6.07) is 21.5. The molecule has 1 unspecified atom stereocenters. The fourth-order valence-corrected chi connectivity index (χ4v) is 2.75. The molecule has 0 bridgehead atoms. The van der Waals surface area contributed by atoms with Crippen LogP contribution >= 0.6 is 0 Å². The Labute approximate surface area is 154 Å². The monoisotopic (exact) mass is 341 g/mol. The Morgan fingerprint density at radius 1 is 0.800 bits per heavy atom. The van der Waals surface area contributed by atoms with Gasteiger partial charge in [0.25, 0.3) is 0 Å². The van der Waals surface area contributed by atoms with Crippen LogP contribution in [-0.2, 0) is 13.1 Å². The van der Waals surface area contributed by atoms with E-state index in [1.807, 2.05) is 14.1 Å². The lowest BCUT2D eigenvalue weighted by atomic mass is 10.1. The molecule has 0 saturated heterocycles. The van der Waals surface area contributed by atoms with Gasteiger partial charge < -0.3 is 10.6 Å². The van der Waals surface area contributed by atoms with Gasteiger partial charge in [-0.25, -0.2) is 0 Å². The van der Waals surface area contributed by atoms with Gasteiger partial charge in [0.15, 0.2) is 0 Å². The van der Waals surface area contributed by atoms with Crippen LogP contribution in [0.2, 0.25) is 0 Å². The SMILES string of the molecule is CCCNC(CC)N(Cc1ccccc1)Cc1ccccc1.CNC. The molecule has 25 heavy (non-hydrogen) atoms. The Hall–Kier alpha value is -1.68. The number of hydrogen-bond acceptors (Lipinski definition) is 3. The first kappa shape index (κ1) is 21.4. The zero-order chi connectivity index (χ0) is 18.3. The van der Waals surface area contributed by atoms with Crippen molar-refractivity contribution in [2.45, 2.75) is 45.9 Å². The van der Waals surface area contributed by atoms with E-state index in [0.717, 1.165) is 26.1 Å². The van der Waals surface area contributed by atoms with Gasteiger partial charge in [0, 0.05) is 13.1 Å². The highest BCUT2D eigenvalue weighted by molar-refractivity contribution is 5.17. The molecular weight excluding hydrogens is 306 g/mol. The van der Waals surface area contributed by atoms with Crippen LogP contribution < -0.4 is 10.6 Å². The Balaban J connectivity index is 0.000000970. The fourth-order valence-electron chi connectivity index (χ4n) is 2.75. The summed E-state index contributed by atoms with van der Waals surface area (Å²) in [7, 11) is 3.75. The Kier molecular flexibility index (Phi) is 11.6. The van der Waals surface area contributed by atoms with E-state index in [-0.39, 0.29) is 0 Å². The van der Waals surface area contributed by atoms with Crippen LogP contribution in [0.1, 0.15) is 37.8 Å². The first-order valence-electron chi connectivity index (χ1n) is 9.38. The van der Waals surface area contributed by atoms with Crippen LogP contribution in [-0.4, -0.2) is 31.7 Å². The van der Waals surface area contributed by atoms with Crippen molar-refractivity contribution in [2.75, 3.05) is 20.6 Å². The van der Waals surface area contributed by atoms with Gasteiger partial charge in [-0.3, -0.25) is 4.90 Å². The molecule has 0 aromatic heterocycles. The van der Waals surface area contributed by atoms with Crippen LogP contribution in [0.3, 0.4) is 0 Å². The highest BCUT2D eigenvalue weighted by Gasteiger charge is 2.16. The predicted molar refractivity (Wildman–Crippen MR) is 109 cm³/mol. The maximum absolute atomic E-state index is 3.69. The predicted octanol–water partition coefficient (Wildman–Crippen LogP) is 4.26. The average molecular weight is 342 g/mol. The lowest BCUT2D eigenvalue weighted by molar-refractivity contribution is 0.143. The van der Waals surface area contributed by atoms with Crippen molar-refractivity contribution in [1.29, 1.82) is 0 Å². The van der Waals surface area contributed by atoms with E-state index >= 15 is 0 Å².